The Kier molecular flexibility index (Phi) is 2.79. The highest BCUT2D eigenvalue weighted by atomic mass is 19.1. The van der Waals surface area contributed by atoms with Gasteiger partial charge in [-0.2, -0.15) is 0 Å². The van der Waals surface area contributed by atoms with Crippen molar-refractivity contribution in [3.05, 3.63) is 35.6 Å². The minimum Gasteiger partial charge on any atom is -0.303 e. The van der Waals surface area contributed by atoms with Crippen LogP contribution in [0.3, 0.4) is 0 Å². The molecule has 1 atom stereocenters. The van der Waals surface area contributed by atoms with E-state index in [2.05, 4.69) is 26.1 Å². The first-order valence-corrected chi connectivity index (χ1v) is 5.97. The number of hydrogen-bond acceptors (Lipinski definition) is 1. The van der Waals surface area contributed by atoms with Gasteiger partial charge in [-0.25, -0.2) is 4.39 Å². The predicted molar refractivity (Wildman–Crippen MR) is 64.8 cm³/mol. The highest BCUT2D eigenvalue weighted by Crippen LogP contribution is 2.35. The molecule has 1 aromatic rings. The average Bonchev–Trinajstić information content (AvgIpc) is 2.16. The summed E-state index contributed by atoms with van der Waals surface area (Å²) in [4.78, 5) is 0. The number of piperidine rings is 1. The fraction of sp³-hybridized carbons (Fsp3) is 0.571. The summed E-state index contributed by atoms with van der Waals surface area (Å²) in [5.41, 5.74) is 1.33. The van der Waals surface area contributed by atoms with Crippen LogP contribution in [0.5, 0.6) is 0 Å². The summed E-state index contributed by atoms with van der Waals surface area (Å²) in [5.74, 6) is -0.164. The Balaban J connectivity index is 2.27. The van der Waals surface area contributed by atoms with E-state index in [1.807, 2.05) is 12.1 Å². The van der Waals surface area contributed by atoms with Crippen LogP contribution in [-0.2, 0) is 5.54 Å². The molecule has 88 valence electrons. The minimum absolute atomic E-state index is 0.0184. The maximum absolute atomic E-state index is 12.9. The van der Waals surface area contributed by atoms with E-state index >= 15 is 0 Å². The normalized spacial score (nSPS) is 29.0. The van der Waals surface area contributed by atoms with Crippen LogP contribution in [0.2, 0.25) is 0 Å². The number of hydrogen-bond donors (Lipinski definition) is 1. The van der Waals surface area contributed by atoms with Crippen LogP contribution in [0.15, 0.2) is 24.3 Å². The van der Waals surface area contributed by atoms with E-state index in [1.165, 1.54) is 18.4 Å². The quantitative estimate of drug-likeness (QED) is 0.764. The van der Waals surface area contributed by atoms with Crippen molar-refractivity contribution in [2.24, 2.45) is 0 Å². The molecular formula is C14H20FN. The Morgan fingerprint density at radius 2 is 1.69 bits per heavy atom. The fourth-order valence-electron chi connectivity index (χ4n) is 2.79. The summed E-state index contributed by atoms with van der Waals surface area (Å²) in [6.45, 7) is 6.67. The zero-order valence-electron chi connectivity index (χ0n) is 10.3. The molecule has 16 heavy (non-hydrogen) atoms. The molecule has 0 amide bonds. The SMILES string of the molecule is CC1(C)CCCC(C)(c2ccc(F)cc2)N1. The topological polar surface area (TPSA) is 12.0 Å². The van der Waals surface area contributed by atoms with E-state index in [0.29, 0.717) is 0 Å². The molecule has 0 aliphatic carbocycles. The number of nitrogens with one attached hydrogen (secondary N) is 1. The molecule has 1 aromatic carbocycles. The van der Waals surface area contributed by atoms with Gasteiger partial charge in [0.15, 0.2) is 0 Å². The van der Waals surface area contributed by atoms with Crippen LogP contribution < -0.4 is 5.32 Å². The van der Waals surface area contributed by atoms with Crippen molar-refractivity contribution in [1.82, 2.24) is 5.32 Å². The van der Waals surface area contributed by atoms with Gasteiger partial charge >= 0.3 is 0 Å². The lowest BCUT2D eigenvalue weighted by atomic mass is 9.78. The van der Waals surface area contributed by atoms with Crippen molar-refractivity contribution in [2.75, 3.05) is 0 Å². The lowest BCUT2D eigenvalue weighted by Gasteiger charge is -2.45. The van der Waals surface area contributed by atoms with E-state index in [4.69, 9.17) is 0 Å². The van der Waals surface area contributed by atoms with Crippen molar-refractivity contribution < 1.29 is 4.39 Å². The Hall–Kier alpha value is -0.890. The molecule has 0 spiro atoms. The highest BCUT2D eigenvalue weighted by Gasteiger charge is 2.36. The zero-order valence-corrected chi connectivity index (χ0v) is 10.3. The second kappa shape index (κ2) is 3.85. The molecule has 0 bridgehead atoms. The molecule has 1 fully saturated rings. The van der Waals surface area contributed by atoms with Crippen molar-refractivity contribution in [3.63, 3.8) is 0 Å². The van der Waals surface area contributed by atoms with Crippen molar-refractivity contribution in [1.29, 1.82) is 0 Å². The molecular weight excluding hydrogens is 201 g/mol. The third-order valence-electron chi connectivity index (χ3n) is 3.57. The Bertz CT molecular complexity index is 369. The van der Waals surface area contributed by atoms with Gasteiger partial charge in [-0.15, -0.1) is 0 Å². The molecule has 1 saturated heterocycles. The van der Waals surface area contributed by atoms with Crippen LogP contribution in [0.4, 0.5) is 4.39 Å². The summed E-state index contributed by atoms with van der Waals surface area (Å²) in [5, 5.41) is 3.68. The molecule has 2 rings (SSSR count). The van der Waals surface area contributed by atoms with Crippen LogP contribution in [-0.4, -0.2) is 5.54 Å². The summed E-state index contributed by atoms with van der Waals surface area (Å²) < 4.78 is 12.9. The third kappa shape index (κ3) is 2.27. The molecule has 1 unspecified atom stereocenters. The van der Waals surface area contributed by atoms with E-state index < -0.39 is 0 Å². The lowest BCUT2D eigenvalue weighted by molar-refractivity contribution is 0.168. The first-order chi connectivity index (χ1) is 7.41. The van der Waals surface area contributed by atoms with Gasteiger partial charge in [0.2, 0.25) is 0 Å². The van der Waals surface area contributed by atoms with Crippen LogP contribution in [0, 0.1) is 5.82 Å². The van der Waals surface area contributed by atoms with E-state index in [-0.39, 0.29) is 16.9 Å². The average molecular weight is 221 g/mol. The first-order valence-electron chi connectivity index (χ1n) is 5.97. The van der Waals surface area contributed by atoms with Gasteiger partial charge in [0.25, 0.3) is 0 Å². The van der Waals surface area contributed by atoms with Gasteiger partial charge < -0.3 is 5.32 Å². The van der Waals surface area contributed by atoms with Gasteiger partial charge in [-0.1, -0.05) is 12.1 Å². The predicted octanol–water partition coefficient (Wildman–Crippen LogP) is 3.59. The number of halogens is 1. The molecule has 0 saturated carbocycles. The van der Waals surface area contributed by atoms with Gasteiger partial charge in [-0.05, 0) is 57.7 Å². The van der Waals surface area contributed by atoms with Gasteiger partial charge in [0.05, 0.1) is 0 Å². The van der Waals surface area contributed by atoms with Crippen molar-refractivity contribution in [3.8, 4) is 0 Å². The molecule has 0 aromatic heterocycles. The fourth-order valence-corrected chi connectivity index (χ4v) is 2.79. The molecule has 1 heterocycles. The third-order valence-corrected chi connectivity index (χ3v) is 3.57. The standard InChI is InChI=1S/C14H20FN/c1-13(2)9-4-10-14(3,16-13)11-5-7-12(15)8-6-11/h5-8,16H,4,9-10H2,1-3H3. The van der Waals surface area contributed by atoms with Gasteiger partial charge in [-0.3, -0.25) is 0 Å². The molecule has 1 aliphatic rings. The molecule has 1 aliphatic heterocycles. The summed E-state index contributed by atoms with van der Waals surface area (Å²) in [7, 11) is 0. The van der Waals surface area contributed by atoms with E-state index in [9.17, 15) is 4.39 Å². The van der Waals surface area contributed by atoms with E-state index in [0.717, 1.165) is 6.42 Å². The molecule has 0 radical (unpaired) electrons. The van der Waals surface area contributed by atoms with Gasteiger partial charge in [0, 0.05) is 11.1 Å². The van der Waals surface area contributed by atoms with Crippen LogP contribution in [0.25, 0.3) is 0 Å². The van der Waals surface area contributed by atoms with Crippen LogP contribution in [0.1, 0.15) is 45.6 Å². The van der Waals surface area contributed by atoms with Crippen LogP contribution >= 0.6 is 0 Å². The Morgan fingerprint density at radius 1 is 1.06 bits per heavy atom. The monoisotopic (exact) mass is 221 g/mol. The first kappa shape index (κ1) is 11.6. The maximum atomic E-state index is 12.9. The maximum Gasteiger partial charge on any atom is 0.123 e. The summed E-state index contributed by atoms with van der Waals surface area (Å²) in [6, 6.07) is 6.88. The number of benzene rings is 1. The smallest absolute Gasteiger partial charge is 0.123 e. The highest BCUT2D eigenvalue weighted by molar-refractivity contribution is 5.25. The zero-order chi connectivity index (χ0) is 11.8. The molecule has 1 nitrogen and oxygen atoms in total. The molecule has 1 N–H and O–H groups in total. The summed E-state index contributed by atoms with van der Waals surface area (Å²) >= 11 is 0. The second-order valence-corrected chi connectivity index (χ2v) is 5.70. The largest absolute Gasteiger partial charge is 0.303 e. The van der Waals surface area contributed by atoms with E-state index in [1.54, 1.807) is 12.1 Å². The summed E-state index contributed by atoms with van der Waals surface area (Å²) in [6.07, 6.45) is 3.53. The van der Waals surface area contributed by atoms with Gasteiger partial charge in [0.1, 0.15) is 5.82 Å². The number of rotatable bonds is 1. The lowest BCUT2D eigenvalue weighted by Crippen LogP contribution is -2.54. The Morgan fingerprint density at radius 3 is 2.25 bits per heavy atom. The molecule has 2 heteroatoms. The van der Waals surface area contributed by atoms with Crippen molar-refractivity contribution in [2.45, 2.75) is 51.1 Å². The van der Waals surface area contributed by atoms with Crippen molar-refractivity contribution >= 4 is 0 Å². The minimum atomic E-state index is -0.164. The Labute approximate surface area is 97.1 Å². The second-order valence-electron chi connectivity index (χ2n) is 5.70.